The van der Waals surface area contributed by atoms with Crippen LogP contribution in [-0.4, -0.2) is 6.54 Å². The van der Waals surface area contributed by atoms with E-state index in [9.17, 15) is 0 Å². The third-order valence-corrected chi connectivity index (χ3v) is 2.48. The van der Waals surface area contributed by atoms with Crippen molar-refractivity contribution < 1.29 is 16.3 Å². The molecule has 0 heterocycles. The maximum atomic E-state index is 8.17. The molecule has 0 saturated carbocycles. The van der Waals surface area contributed by atoms with Crippen LogP contribution in [0.5, 0.6) is 0 Å². The summed E-state index contributed by atoms with van der Waals surface area (Å²) in [5.74, 6) is 0. The highest BCUT2D eigenvalue weighted by Gasteiger charge is 2.11. The van der Waals surface area contributed by atoms with Gasteiger partial charge < -0.3 is 0 Å². The summed E-state index contributed by atoms with van der Waals surface area (Å²) in [5, 5.41) is 3.55. The fourth-order valence-electron chi connectivity index (χ4n) is 1.81. The van der Waals surface area contributed by atoms with E-state index in [0.29, 0.717) is 6.54 Å². The molecule has 1 aliphatic carbocycles. The van der Waals surface area contributed by atoms with Crippen molar-refractivity contribution >= 4 is 5.57 Å². The first kappa shape index (κ1) is 4.67. The molecule has 0 spiro atoms. The Morgan fingerprint density at radius 2 is 2.36 bits per heavy atom. The van der Waals surface area contributed by atoms with Crippen LogP contribution in [0.15, 0.2) is 35.5 Å². The number of hydrogen-bond acceptors (Lipinski definition) is 1. The van der Waals surface area contributed by atoms with E-state index in [1.54, 1.807) is 0 Å². The summed E-state index contributed by atoms with van der Waals surface area (Å²) in [4.78, 5) is 2.75. The lowest BCUT2D eigenvalue weighted by atomic mass is 10.0. The van der Waals surface area contributed by atoms with Crippen molar-refractivity contribution in [2.75, 3.05) is 6.54 Å². The van der Waals surface area contributed by atoms with Crippen LogP contribution in [0.25, 0.3) is 16.0 Å². The SMILES string of the molecule is [2HH].[2H][2H].[2H][2H].[2H][2H].[2H][2H].[2H][2H].[N-]=[N+]=NCCC1=CCc2ccccc21. The fourth-order valence-corrected chi connectivity index (χ4v) is 1.81. The predicted octanol–water partition coefficient (Wildman–Crippen LogP) is 4.80. The number of rotatable bonds is 3. The maximum Gasteiger partial charge on any atom is 0.0298 e. The third-order valence-electron chi connectivity index (χ3n) is 2.48. The Balaban J connectivity index is -0.000000105. The molecule has 1 aromatic rings. The van der Waals surface area contributed by atoms with Crippen molar-refractivity contribution in [2.24, 2.45) is 5.11 Å². The van der Waals surface area contributed by atoms with Gasteiger partial charge in [0.25, 0.3) is 0 Å². The van der Waals surface area contributed by atoms with Crippen molar-refractivity contribution in [3.63, 3.8) is 0 Å². The number of nitrogens with zero attached hydrogens (tertiary/aromatic N) is 3. The van der Waals surface area contributed by atoms with E-state index >= 15 is 0 Å². The summed E-state index contributed by atoms with van der Waals surface area (Å²) < 4.78 is 50.0. The molecule has 82 valence electrons. The lowest BCUT2D eigenvalue weighted by Crippen LogP contribution is -1.86. The van der Waals surface area contributed by atoms with E-state index < -0.39 is 0 Å². The molecule has 0 saturated heterocycles. The minimum Gasteiger partial charge on any atom is -0.0936 e. The van der Waals surface area contributed by atoms with Crippen LogP contribution in [0.4, 0.5) is 0 Å². The minimum atomic E-state index is 0. The number of fused-ring (bicyclic) bond motifs is 1. The normalized spacial score (nSPS) is 15.9. The number of azide groups is 1. The largest absolute Gasteiger partial charge is 0.0936 e. The van der Waals surface area contributed by atoms with Gasteiger partial charge in [-0.1, -0.05) is 35.5 Å². The van der Waals surface area contributed by atoms with Gasteiger partial charge in [0.2, 0.25) is 0 Å². The Kier molecular flexibility index (Phi) is 1.33. The van der Waals surface area contributed by atoms with Crippen LogP contribution in [0, 0.1) is 0 Å². The van der Waals surface area contributed by atoms with Gasteiger partial charge in [-0.15, -0.1) is 0 Å². The molecule has 0 atom stereocenters. The molecule has 1 aromatic carbocycles. The number of hydrogen-bond donors (Lipinski definition) is 0. The first-order valence-corrected chi connectivity index (χ1v) is 4.70. The zero-order valence-corrected chi connectivity index (χ0v) is 7.85. The zero-order chi connectivity index (χ0) is 19.8. The van der Waals surface area contributed by atoms with Gasteiger partial charge >= 0.3 is 0 Å². The van der Waals surface area contributed by atoms with E-state index in [1.165, 1.54) is 16.7 Å². The molecule has 1 aliphatic rings. The summed E-state index contributed by atoms with van der Waals surface area (Å²) in [7, 11) is 0. The molecule has 3 nitrogen and oxygen atoms in total. The standard InChI is InChI=1S/C11H11N3.6H2/c12-14-13-8-7-10-6-5-9-3-1-2-4-11(9)10;;;;;;/h1-4,6H,5,7-8H2;6*1H/i;5*1+1D;1+1. The van der Waals surface area contributed by atoms with E-state index in [2.05, 4.69) is 34.3 Å². The number of allylic oxidation sites excluding steroid dienone is 1. The highest BCUT2D eigenvalue weighted by Crippen LogP contribution is 2.29. The average molecular weight is 208 g/mol. The Bertz CT molecular complexity index is 439. The van der Waals surface area contributed by atoms with Crippen molar-refractivity contribution in [3.8, 4) is 0 Å². The van der Waals surface area contributed by atoms with Crippen molar-refractivity contribution in [1.82, 2.24) is 0 Å². The van der Waals surface area contributed by atoms with Crippen LogP contribution in [-0.2, 0) is 6.42 Å². The fraction of sp³-hybridized carbons (Fsp3) is 0.273. The predicted molar refractivity (Wildman–Crippen MR) is 69.4 cm³/mol. The summed E-state index contributed by atoms with van der Waals surface area (Å²) in [6.07, 6.45) is 4.08. The highest BCUT2D eigenvalue weighted by atomic mass is 15.1. The number of benzene rings is 1. The maximum absolute atomic E-state index is 8.17. The second-order valence-electron chi connectivity index (χ2n) is 3.30. The average Bonchev–Trinajstić information content (AvgIpc) is 3.13. The monoisotopic (exact) mass is 208 g/mol. The van der Waals surface area contributed by atoms with Crippen molar-refractivity contribution in [3.05, 3.63) is 51.9 Å². The summed E-state index contributed by atoms with van der Waals surface area (Å²) in [6.45, 7) is 0.552. The van der Waals surface area contributed by atoms with Crippen LogP contribution in [0.2, 0.25) is 0 Å². The molecule has 0 N–H and O–H groups in total. The Hall–Kier alpha value is -1.73. The smallest absolute Gasteiger partial charge is 0.0298 e. The van der Waals surface area contributed by atoms with Gasteiger partial charge in [-0.3, -0.25) is 0 Å². The van der Waals surface area contributed by atoms with Gasteiger partial charge in [0.05, 0.1) is 0 Å². The first-order chi connectivity index (χ1) is 11.9. The summed E-state index contributed by atoms with van der Waals surface area (Å²) in [5.41, 5.74) is 12.2. The molecular formula is C11H23N3. The molecule has 0 aliphatic heterocycles. The molecule has 0 bridgehead atoms. The van der Waals surface area contributed by atoms with Crippen LogP contribution < -0.4 is 0 Å². The van der Waals surface area contributed by atoms with Crippen LogP contribution in [0.3, 0.4) is 0 Å². The Labute approximate surface area is 99.6 Å². The van der Waals surface area contributed by atoms with Gasteiger partial charge in [0.15, 0.2) is 0 Å². The first-order valence-electron chi connectivity index (χ1n) is 9.70. The molecule has 0 amide bonds. The molecular weight excluding hydrogens is 174 g/mol. The van der Waals surface area contributed by atoms with Crippen LogP contribution >= 0.6 is 0 Å². The van der Waals surface area contributed by atoms with Crippen molar-refractivity contribution in [2.45, 2.75) is 12.8 Å². The van der Waals surface area contributed by atoms with Crippen molar-refractivity contribution in [1.29, 1.82) is 0 Å². The van der Waals surface area contributed by atoms with Gasteiger partial charge in [0.1, 0.15) is 0 Å². The minimum absolute atomic E-state index is 0. The highest BCUT2D eigenvalue weighted by molar-refractivity contribution is 5.72. The summed E-state index contributed by atoms with van der Waals surface area (Å²) in [6, 6.07) is 8.38. The molecule has 0 aromatic heterocycles. The molecule has 14 heavy (non-hydrogen) atoms. The van der Waals surface area contributed by atoms with Crippen LogP contribution in [0.1, 0.15) is 33.8 Å². The van der Waals surface area contributed by atoms with E-state index in [4.69, 9.17) is 20.4 Å². The second-order valence-corrected chi connectivity index (χ2v) is 3.30. The topological polar surface area (TPSA) is 48.8 Å². The van der Waals surface area contributed by atoms with E-state index in [1.807, 2.05) is 6.07 Å². The Morgan fingerprint density at radius 3 is 3.21 bits per heavy atom. The molecule has 3 heteroatoms. The molecule has 0 unspecified atom stereocenters. The quantitative estimate of drug-likeness (QED) is 0.389. The van der Waals surface area contributed by atoms with Gasteiger partial charge in [0, 0.05) is 27.7 Å². The zero-order valence-electron chi connectivity index (χ0n) is 17.8. The van der Waals surface area contributed by atoms with Gasteiger partial charge in [-0.2, -0.15) is 0 Å². The van der Waals surface area contributed by atoms with E-state index in [0.717, 1.165) is 12.8 Å². The molecule has 2 rings (SSSR count). The summed E-state index contributed by atoms with van der Waals surface area (Å²) >= 11 is 0. The van der Waals surface area contributed by atoms with E-state index in [-0.39, 0.29) is 1.43 Å². The van der Waals surface area contributed by atoms with Gasteiger partial charge in [-0.05, 0) is 35.1 Å². The molecule has 0 radical (unpaired) electrons. The lowest BCUT2D eigenvalue weighted by molar-refractivity contribution is 1.01. The Morgan fingerprint density at radius 1 is 1.50 bits per heavy atom. The lowest BCUT2D eigenvalue weighted by Gasteiger charge is -2.02. The second kappa shape index (κ2) is 3.99. The molecule has 0 fully saturated rings. The van der Waals surface area contributed by atoms with Gasteiger partial charge in [-0.25, -0.2) is 0 Å². The third kappa shape index (κ3) is 1.63.